The summed E-state index contributed by atoms with van der Waals surface area (Å²) in [7, 11) is 0. The van der Waals surface area contributed by atoms with Crippen LogP contribution in [0.4, 0.5) is 5.69 Å². The van der Waals surface area contributed by atoms with E-state index in [4.69, 9.17) is 5.73 Å². The van der Waals surface area contributed by atoms with Crippen LogP contribution in [0.25, 0.3) is 0 Å². The number of nitrogens with one attached hydrogen (secondary N) is 3. The highest BCUT2D eigenvalue weighted by atomic mass is 16.2. The summed E-state index contributed by atoms with van der Waals surface area (Å²) >= 11 is 0. The van der Waals surface area contributed by atoms with Gasteiger partial charge >= 0.3 is 0 Å². The largest absolute Gasteiger partial charge is 0.344 e. The van der Waals surface area contributed by atoms with Crippen molar-refractivity contribution in [2.45, 2.75) is 97.1 Å². The third-order valence-electron chi connectivity index (χ3n) is 6.88. The molecular weight excluding hydrogens is 498 g/mol. The van der Waals surface area contributed by atoms with E-state index in [1.807, 2.05) is 38.1 Å². The van der Waals surface area contributed by atoms with Gasteiger partial charge in [0.15, 0.2) is 0 Å². The second-order valence-electron chi connectivity index (χ2n) is 10.8. The Bertz CT molecular complexity index is 976. The smallest absolute Gasteiger partial charge is 0.246 e. The molecule has 1 aromatic carbocycles. The van der Waals surface area contributed by atoms with Crippen LogP contribution in [0.15, 0.2) is 24.3 Å². The van der Waals surface area contributed by atoms with Gasteiger partial charge in [-0.05, 0) is 61.8 Å². The summed E-state index contributed by atoms with van der Waals surface area (Å²) in [5, 5.41) is 8.49. The van der Waals surface area contributed by atoms with Gasteiger partial charge < -0.3 is 21.7 Å². The van der Waals surface area contributed by atoms with Gasteiger partial charge in [-0.1, -0.05) is 46.2 Å². The van der Waals surface area contributed by atoms with Crippen LogP contribution in [0, 0.1) is 5.92 Å². The number of benzene rings is 1. The molecule has 0 aliphatic carbocycles. The van der Waals surface area contributed by atoms with Crippen LogP contribution in [0.2, 0.25) is 0 Å². The first-order valence-electron chi connectivity index (χ1n) is 14.1. The number of likely N-dealkylation sites (tertiary alicyclic amines) is 1. The maximum Gasteiger partial charge on any atom is 0.246 e. The summed E-state index contributed by atoms with van der Waals surface area (Å²) in [6.07, 6.45) is 3.60. The van der Waals surface area contributed by atoms with Crippen molar-refractivity contribution in [1.82, 2.24) is 15.5 Å². The lowest BCUT2D eigenvalue weighted by Crippen LogP contribution is -2.54. The third kappa shape index (κ3) is 10.4. The van der Waals surface area contributed by atoms with Gasteiger partial charge in [-0.3, -0.25) is 28.9 Å². The number of carbonyl (C=O) groups is 5. The molecule has 1 heterocycles. The van der Waals surface area contributed by atoms with Crippen molar-refractivity contribution in [2.75, 3.05) is 18.4 Å². The molecule has 1 aliphatic rings. The number of nitrogens with zero attached hydrogens (tertiary/aromatic N) is 1. The molecule has 0 radical (unpaired) electrons. The lowest BCUT2D eigenvalue weighted by atomic mass is 10.0. The summed E-state index contributed by atoms with van der Waals surface area (Å²) in [6.45, 7) is 8.62. The Kier molecular flexibility index (Phi) is 13.1. The maximum atomic E-state index is 13.1. The number of amides is 5. The first-order chi connectivity index (χ1) is 18.5. The number of anilines is 1. The van der Waals surface area contributed by atoms with Gasteiger partial charge in [0.1, 0.15) is 12.1 Å². The van der Waals surface area contributed by atoms with Crippen molar-refractivity contribution >= 4 is 35.2 Å². The fourth-order valence-electron chi connectivity index (χ4n) is 4.42. The molecule has 1 aromatic rings. The van der Waals surface area contributed by atoms with Gasteiger partial charge in [-0.15, -0.1) is 0 Å². The zero-order chi connectivity index (χ0) is 28.9. The molecule has 216 valence electrons. The summed E-state index contributed by atoms with van der Waals surface area (Å²) < 4.78 is 0. The second kappa shape index (κ2) is 16.0. The van der Waals surface area contributed by atoms with E-state index in [2.05, 4.69) is 29.8 Å². The fourth-order valence-corrected chi connectivity index (χ4v) is 4.42. The van der Waals surface area contributed by atoms with Gasteiger partial charge in [-0.25, -0.2) is 0 Å². The quantitative estimate of drug-likeness (QED) is 0.186. The predicted octanol–water partition coefficient (Wildman–Crippen LogP) is 2.82. The zero-order valence-corrected chi connectivity index (χ0v) is 23.8. The highest BCUT2D eigenvalue weighted by molar-refractivity contribution is 6.02. The Balaban J connectivity index is 1.88. The minimum absolute atomic E-state index is 0.133. The van der Waals surface area contributed by atoms with Crippen molar-refractivity contribution in [2.24, 2.45) is 11.7 Å². The monoisotopic (exact) mass is 543 g/mol. The molecule has 1 saturated heterocycles. The van der Waals surface area contributed by atoms with Crippen LogP contribution < -0.4 is 21.7 Å². The molecule has 10 nitrogen and oxygen atoms in total. The Morgan fingerprint density at radius 3 is 2.08 bits per heavy atom. The first kappa shape index (κ1) is 31.9. The minimum Gasteiger partial charge on any atom is -0.344 e. The number of hydrogen-bond acceptors (Lipinski definition) is 6. The summed E-state index contributed by atoms with van der Waals surface area (Å²) in [5.41, 5.74) is 7.46. The molecule has 0 unspecified atom stereocenters. The number of rotatable bonds is 16. The van der Waals surface area contributed by atoms with E-state index in [9.17, 15) is 24.0 Å². The van der Waals surface area contributed by atoms with Crippen molar-refractivity contribution in [3.8, 4) is 0 Å². The summed E-state index contributed by atoms with van der Waals surface area (Å²) in [4.78, 5) is 63.4. The Morgan fingerprint density at radius 2 is 1.51 bits per heavy atom. The fraction of sp³-hybridized carbons (Fsp3) is 0.621. The molecule has 2 rings (SSSR count). The number of nitrogens with two attached hydrogens (primary N) is 1. The topological polar surface area (TPSA) is 151 Å². The summed E-state index contributed by atoms with van der Waals surface area (Å²) in [6, 6.07) is 6.02. The Hall–Kier alpha value is -3.27. The molecule has 1 aliphatic heterocycles. The molecule has 0 spiro atoms. The number of carbonyl (C=O) groups excluding carboxylic acids is 5. The van der Waals surface area contributed by atoms with Gasteiger partial charge in [0.05, 0.1) is 0 Å². The van der Waals surface area contributed by atoms with Crippen LogP contribution in [0.3, 0.4) is 0 Å². The molecule has 1 fully saturated rings. The van der Waals surface area contributed by atoms with E-state index in [0.717, 1.165) is 5.56 Å². The highest BCUT2D eigenvalue weighted by Crippen LogP contribution is 2.18. The zero-order valence-electron chi connectivity index (χ0n) is 23.8. The van der Waals surface area contributed by atoms with Gasteiger partial charge in [-0.2, -0.15) is 0 Å². The highest BCUT2D eigenvalue weighted by Gasteiger charge is 2.29. The van der Waals surface area contributed by atoms with E-state index in [-0.39, 0.29) is 48.8 Å². The van der Waals surface area contributed by atoms with E-state index in [1.165, 1.54) is 4.90 Å². The number of hydrogen-bond donors (Lipinski definition) is 4. The van der Waals surface area contributed by atoms with Crippen LogP contribution >= 0.6 is 0 Å². The molecule has 2 atom stereocenters. The molecule has 0 saturated carbocycles. The normalized spacial score (nSPS) is 15.0. The van der Waals surface area contributed by atoms with Crippen molar-refractivity contribution in [3.05, 3.63) is 29.8 Å². The molecular formula is C29H45N5O5. The lowest BCUT2D eigenvalue weighted by molar-refractivity contribution is -0.138. The van der Waals surface area contributed by atoms with Crippen LogP contribution in [0.5, 0.6) is 0 Å². The standard InChI is InChI=1S/C29H45N5O5/c1-19(2)21-11-13-22(14-12-21)31-28(38)23(9-8-17-30)32-29(39)27(20(3)4)33-24(35)10-6-5-7-18-34-25(36)15-16-26(34)37/h11-14,19-20,23,27H,5-10,15-18,30H2,1-4H3,(H,31,38)(H,32,39)(H,33,35)/t23-,27-/m0/s1. The van der Waals surface area contributed by atoms with E-state index < -0.39 is 18.0 Å². The van der Waals surface area contributed by atoms with Crippen LogP contribution in [-0.4, -0.2) is 59.6 Å². The molecule has 0 aromatic heterocycles. The van der Waals surface area contributed by atoms with Crippen LogP contribution in [0.1, 0.15) is 90.5 Å². The van der Waals surface area contributed by atoms with Crippen LogP contribution in [-0.2, 0) is 24.0 Å². The SMILES string of the molecule is CC(C)c1ccc(NC(=O)[C@H](CCCN)NC(=O)[C@@H](NC(=O)CCCCCN2C(=O)CCC2=O)C(C)C)cc1. The van der Waals surface area contributed by atoms with Crippen molar-refractivity contribution < 1.29 is 24.0 Å². The lowest BCUT2D eigenvalue weighted by Gasteiger charge is -2.25. The Labute approximate surface area is 231 Å². The number of imide groups is 1. The van der Waals surface area contributed by atoms with Gasteiger partial charge in [0.2, 0.25) is 29.5 Å². The molecule has 5 amide bonds. The molecule has 39 heavy (non-hydrogen) atoms. The van der Waals surface area contributed by atoms with E-state index >= 15 is 0 Å². The van der Waals surface area contributed by atoms with E-state index in [1.54, 1.807) is 0 Å². The maximum absolute atomic E-state index is 13.1. The van der Waals surface area contributed by atoms with E-state index in [0.29, 0.717) is 56.8 Å². The van der Waals surface area contributed by atoms with Crippen molar-refractivity contribution in [3.63, 3.8) is 0 Å². The predicted molar refractivity (Wildman–Crippen MR) is 151 cm³/mol. The molecule has 10 heteroatoms. The number of unbranched alkanes of at least 4 members (excludes halogenated alkanes) is 2. The average Bonchev–Trinajstić information content (AvgIpc) is 3.21. The molecule has 5 N–H and O–H groups in total. The first-order valence-corrected chi connectivity index (χ1v) is 14.1. The van der Waals surface area contributed by atoms with Gasteiger partial charge in [0.25, 0.3) is 0 Å². The molecule has 0 bridgehead atoms. The van der Waals surface area contributed by atoms with Gasteiger partial charge in [0, 0.05) is 31.5 Å². The second-order valence-corrected chi connectivity index (χ2v) is 10.8. The summed E-state index contributed by atoms with van der Waals surface area (Å²) in [5.74, 6) is -1.10. The van der Waals surface area contributed by atoms with Crippen molar-refractivity contribution in [1.29, 1.82) is 0 Å². The average molecular weight is 544 g/mol. The third-order valence-corrected chi connectivity index (χ3v) is 6.88. The minimum atomic E-state index is -0.796. The Morgan fingerprint density at radius 1 is 0.872 bits per heavy atom.